The highest BCUT2D eigenvalue weighted by molar-refractivity contribution is 6.30. The molecular weight excluding hydrogens is 349 g/mol. The second-order valence-corrected chi connectivity index (χ2v) is 7.89. The van der Waals surface area contributed by atoms with Crippen LogP contribution in [0.15, 0.2) is 48.5 Å². The van der Waals surface area contributed by atoms with E-state index in [4.69, 9.17) is 16.6 Å². The van der Waals surface area contributed by atoms with Crippen molar-refractivity contribution in [2.45, 2.75) is 38.9 Å². The summed E-state index contributed by atoms with van der Waals surface area (Å²) in [5, 5.41) is 4.26. The molecule has 1 N–H and O–H groups in total. The molecule has 0 saturated carbocycles. The van der Waals surface area contributed by atoms with Gasteiger partial charge in [0.1, 0.15) is 11.6 Å². The summed E-state index contributed by atoms with van der Waals surface area (Å²) >= 11 is 6.03. The maximum atomic E-state index is 13.4. The van der Waals surface area contributed by atoms with Crippen molar-refractivity contribution in [1.82, 2.24) is 14.9 Å². The molecule has 1 aliphatic rings. The van der Waals surface area contributed by atoms with E-state index in [9.17, 15) is 4.39 Å². The Bertz CT molecular complexity index is 927. The van der Waals surface area contributed by atoms with E-state index in [1.807, 2.05) is 24.3 Å². The van der Waals surface area contributed by atoms with Crippen LogP contribution in [0.5, 0.6) is 0 Å². The van der Waals surface area contributed by atoms with Gasteiger partial charge in [0.2, 0.25) is 0 Å². The van der Waals surface area contributed by atoms with Gasteiger partial charge in [0, 0.05) is 34.8 Å². The first-order chi connectivity index (χ1) is 12.4. The number of nitrogens with one attached hydrogen (secondary N) is 1. The summed E-state index contributed by atoms with van der Waals surface area (Å²) in [6.07, 6.45) is 0.757. The first-order valence-electron chi connectivity index (χ1n) is 8.75. The second kappa shape index (κ2) is 6.53. The van der Waals surface area contributed by atoms with Gasteiger partial charge in [-0.2, -0.15) is 0 Å². The number of benzene rings is 2. The van der Waals surface area contributed by atoms with Gasteiger partial charge in [-0.05, 0) is 55.8 Å². The lowest BCUT2D eigenvalue weighted by molar-refractivity contribution is 0.286. The summed E-state index contributed by atoms with van der Waals surface area (Å²) in [5.41, 5.74) is 4.20. The molecule has 26 heavy (non-hydrogen) atoms. The van der Waals surface area contributed by atoms with Gasteiger partial charge in [0.25, 0.3) is 0 Å². The SMILES string of the molecule is CC1(C)Cn2c(nc(-c3ccc(F)cc3)c2Cc2ccc(Cl)cc2)CN1. The Morgan fingerprint density at radius 1 is 1.12 bits per heavy atom. The van der Waals surface area contributed by atoms with Crippen molar-refractivity contribution in [3.8, 4) is 11.3 Å². The van der Waals surface area contributed by atoms with Crippen LogP contribution in [0.3, 0.4) is 0 Å². The van der Waals surface area contributed by atoms with E-state index in [2.05, 4.69) is 23.7 Å². The smallest absolute Gasteiger partial charge is 0.123 e. The van der Waals surface area contributed by atoms with Crippen LogP contribution in [0, 0.1) is 5.82 Å². The molecular formula is C21H21ClFN3. The molecule has 3 nitrogen and oxygen atoms in total. The molecule has 4 rings (SSSR count). The Balaban J connectivity index is 1.81. The van der Waals surface area contributed by atoms with Gasteiger partial charge in [0.05, 0.1) is 12.2 Å². The standard InChI is InChI=1S/C21H21ClFN3/c1-21(2)13-26-18(11-14-3-7-16(22)8-4-14)20(25-19(26)12-24-21)15-5-9-17(23)10-6-15/h3-10,24H,11-13H2,1-2H3. The maximum absolute atomic E-state index is 13.4. The molecule has 2 aromatic carbocycles. The van der Waals surface area contributed by atoms with E-state index in [0.717, 1.165) is 47.3 Å². The fourth-order valence-corrected chi connectivity index (χ4v) is 3.57. The summed E-state index contributed by atoms with van der Waals surface area (Å²) < 4.78 is 15.7. The molecule has 0 saturated heterocycles. The molecule has 1 aliphatic heterocycles. The molecule has 0 aliphatic carbocycles. The summed E-state index contributed by atoms with van der Waals surface area (Å²) in [4.78, 5) is 4.88. The molecule has 0 atom stereocenters. The zero-order valence-corrected chi connectivity index (χ0v) is 15.6. The molecule has 5 heteroatoms. The molecule has 0 bridgehead atoms. The van der Waals surface area contributed by atoms with E-state index in [1.54, 1.807) is 12.1 Å². The number of hydrogen-bond acceptors (Lipinski definition) is 2. The zero-order valence-electron chi connectivity index (χ0n) is 14.9. The number of aromatic nitrogens is 2. The number of fused-ring (bicyclic) bond motifs is 1. The molecule has 1 aromatic heterocycles. The first-order valence-corrected chi connectivity index (χ1v) is 9.13. The average Bonchev–Trinajstić information content (AvgIpc) is 2.94. The minimum Gasteiger partial charge on any atom is -0.328 e. The van der Waals surface area contributed by atoms with Crippen LogP contribution >= 0.6 is 11.6 Å². The Hall–Kier alpha value is -2.17. The van der Waals surface area contributed by atoms with Gasteiger partial charge in [-0.25, -0.2) is 9.37 Å². The predicted octanol–water partition coefficient (Wildman–Crippen LogP) is 4.82. The molecule has 0 amide bonds. The quantitative estimate of drug-likeness (QED) is 0.717. The van der Waals surface area contributed by atoms with Crippen LogP contribution in [-0.2, 0) is 19.5 Å². The van der Waals surface area contributed by atoms with Crippen molar-refractivity contribution in [2.75, 3.05) is 0 Å². The highest BCUT2D eigenvalue weighted by atomic mass is 35.5. The summed E-state index contributed by atoms with van der Waals surface area (Å²) in [5.74, 6) is 0.785. The Labute approximate surface area is 157 Å². The molecule has 134 valence electrons. The van der Waals surface area contributed by atoms with Crippen LogP contribution in [0.2, 0.25) is 5.02 Å². The fraction of sp³-hybridized carbons (Fsp3) is 0.286. The monoisotopic (exact) mass is 369 g/mol. The third-order valence-corrected chi connectivity index (χ3v) is 5.08. The molecule has 0 spiro atoms. The van der Waals surface area contributed by atoms with Crippen molar-refractivity contribution in [3.05, 3.63) is 76.5 Å². The van der Waals surface area contributed by atoms with E-state index >= 15 is 0 Å². The van der Waals surface area contributed by atoms with Crippen molar-refractivity contribution < 1.29 is 4.39 Å². The molecule has 2 heterocycles. The lowest BCUT2D eigenvalue weighted by atomic mass is 10.0. The number of hydrogen-bond donors (Lipinski definition) is 1. The third kappa shape index (κ3) is 3.39. The van der Waals surface area contributed by atoms with Crippen LogP contribution in [0.25, 0.3) is 11.3 Å². The minimum absolute atomic E-state index is 0.00249. The average molecular weight is 370 g/mol. The lowest BCUT2D eigenvalue weighted by Gasteiger charge is -2.33. The van der Waals surface area contributed by atoms with Gasteiger partial charge in [-0.15, -0.1) is 0 Å². The summed E-state index contributed by atoms with van der Waals surface area (Å²) in [6, 6.07) is 14.5. The van der Waals surface area contributed by atoms with Gasteiger partial charge in [-0.1, -0.05) is 23.7 Å². The molecule has 0 unspecified atom stereocenters. The normalized spacial score (nSPS) is 15.7. The van der Waals surface area contributed by atoms with Gasteiger partial charge in [-0.3, -0.25) is 0 Å². The minimum atomic E-state index is -0.236. The van der Waals surface area contributed by atoms with Crippen LogP contribution in [0.1, 0.15) is 30.9 Å². The van der Waals surface area contributed by atoms with E-state index < -0.39 is 0 Å². The summed E-state index contributed by atoms with van der Waals surface area (Å²) in [7, 11) is 0. The van der Waals surface area contributed by atoms with Crippen LogP contribution in [-0.4, -0.2) is 15.1 Å². The topological polar surface area (TPSA) is 29.9 Å². The highest BCUT2D eigenvalue weighted by Crippen LogP contribution is 2.30. The number of nitrogens with zero attached hydrogens (tertiary/aromatic N) is 2. The lowest BCUT2D eigenvalue weighted by Crippen LogP contribution is -2.47. The Morgan fingerprint density at radius 3 is 2.50 bits per heavy atom. The molecule has 0 radical (unpaired) electrons. The molecule has 0 fully saturated rings. The number of imidazole rings is 1. The second-order valence-electron chi connectivity index (χ2n) is 7.46. The molecule has 3 aromatic rings. The number of rotatable bonds is 3. The van der Waals surface area contributed by atoms with Gasteiger partial charge >= 0.3 is 0 Å². The van der Waals surface area contributed by atoms with Crippen molar-refractivity contribution >= 4 is 11.6 Å². The van der Waals surface area contributed by atoms with E-state index in [-0.39, 0.29) is 11.4 Å². The van der Waals surface area contributed by atoms with Crippen LogP contribution < -0.4 is 5.32 Å². The Morgan fingerprint density at radius 2 is 1.81 bits per heavy atom. The fourth-order valence-electron chi connectivity index (χ4n) is 3.44. The van der Waals surface area contributed by atoms with Gasteiger partial charge in [0.15, 0.2) is 0 Å². The predicted molar refractivity (Wildman–Crippen MR) is 103 cm³/mol. The highest BCUT2D eigenvalue weighted by Gasteiger charge is 2.29. The summed E-state index contributed by atoms with van der Waals surface area (Å²) in [6.45, 7) is 5.96. The third-order valence-electron chi connectivity index (χ3n) is 4.83. The first kappa shape index (κ1) is 17.3. The maximum Gasteiger partial charge on any atom is 0.123 e. The van der Waals surface area contributed by atoms with Crippen LogP contribution in [0.4, 0.5) is 4.39 Å². The van der Waals surface area contributed by atoms with Gasteiger partial charge < -0.3 is 9.88 Å². The van der Waals surface area contributed by atoms with Crippen molar-refractivity contribution in [2.24, 2.45) is 0 Å². The van der Waals surface area contributed by atoms with E-state index in [1.165, 1.54) is 17.7 Å². The largest absolute Gasteiger partial charge is 0.328 e. The Kier molecular flexibility index (Phi) is 4.33. The van der Waals surface area contributed by atoms with Crippen molar-refractivity contribution in [3.63, 3.8) is 0 Å². The van der Waals surface area contributed by atoms with E-state index in [0.29, 0.717) is 0 Å². The number of halogens is 2. The van der Waals surface area contributed by atoms with Crippen molar-refractivity contribution in [1.29, 1.82) is 0 Å². The zero-order chi connectivity index (χ0) is 18.3.